The highest BCUT2D eigenvalue weighted by atomic mass is 32.2. The van der Waals surface area contributed by atoms with Gasteiger partial charge in [-0.15, -0.1) is 11.8 Å². The summed E-state index contributed by atoms with van der Waals surface area (Å²) in [6.45, 7) is 4.96. The van der Waals surface area contributed by atoms with E-state index in [-0.39, 0.29) is 5.91 Å². The van der Waals surface area contributed by atoms with E-state index in [1.807, 2.05) is 31.2 Å². The maximum atomic E-state index is 12.4. The van der Waals surface area contributed by atoms with E-state index in [9.17, 15) is 4.79 Å². The molecule has 1 heterocycles. The van der Waals surface area contributed by atoms with Crippen molar-refractivity contribution < 1.29 is 4.79 Å². The van der Waals surface area contributed by atoms with Gasteiger partial charge < -0.3 is 9.88 Å². The molecule has 4 rings (SSSR count). The molecular weight excluding hydrogens is 376 g/mol. The van der Waals surface area contributed by atoms with Crippen LogP contribution in [-0.2, 0) is 11.3 Å². The third-order valence-electron chi connectivity index (χ3n) is 4.85. The van der Waals surface area contributed by atoms with Gasteiger partial charge >= 0.3 is 0 Å². The van der Waals surface area contributed by atoms with E-state index in [4.69, 9.17) is 0 Å². The molecule has 29 heavy (non-hydrogen) atoms. The minimum Gasteiger partial charge on any atom is -0.342 e. The first-order valence-electron chi connectivity index (χ1n) is 9.71. The maximum absolute atomic E-state index is 12.4. The molecule has 0 aliphatic heterocycles. The molecule has 0 aliphatic rings. The largest absolute Gasteiger partial charge is 0.342 e. The maximum Gasteiger partial charge on any atom is 0.234 e. The zero-order chi connectivity index (χ0) is 20.2. The van der Waals surface area contributed by atoms with E-state index < -0.39 is 0 Å². The van der Waals surface area contributed by atoms with Gasteiger partial charge in [-0.3, -0.25) is 4.79 Å². The van der Waals surface area contributed by atoms with E-state index in [0.29, 0.717) is 5.75 Å². The number of carbonyl (C=O) groups excluding carboxylic acids is 1. The number of nitrogens with zero attached hydrogens (tertiary/aromatic N) is 1. The first-order chi connectivity index (χ1) is 14.1. The summed E-state index contributed by atoms with van der Waals surface area (Å²) in [7, 11) is 0. The van der Waals surface area contributed by atoms with Crippen LogP contribution in [0.4, 0.5) is 5.69 Å². The zero-order valence-corrected chi connectivity index (χ0v) is 17.5. The first kappa shape index (κ1) is 19.3. The molecule has 4 aromatic rings. The summed E-state index contributed by atoms with van der Waals surface area (Å²) in [5, 5.41) is 4.18. The Morgan fingerprint density at radius 3 is 2.48 bits per heavy atom. The van der Waals surface area contributed by atoms with E-state index in [0.717, 1.165) is 22.7 Å². The average molecular weight is 401 g/mol. The van der Waals surface area contributed by atoms with Gasteiger partial charge in [-0.25, -0.2) is 0 Å². The number of rotatable bonds is 6. The van der Waals surface area contributed by atoms with Crippen LogP contribution in [0.2, 0.25) is 0 Å². The van der Waals surface area contributed by atoms with E-state index >= 15 is 0 Å². The van der Waals surface area contributed by atoms with Crippen LogP contribution in [0, 0.1) is 13.8 Å². The molecule has 0 radical (unpaired) electrons. The van der Waals surface area contributed by atoms with Crippen molar-refractivity contribution >= 4 is 34.3 Å². The van der Waals surface area contributed by atoms with Crippen LogP contribution < -0.4 is 5.32 Å². The topological polar surface area (TPSA) is 34.0 Å². The summed E-state index contributed by atoms with van der Waals surface area (Å²) in [6, 6.07) is 24.9. The van der Waals surface area contributed by atoms with Crippen LogP contribution >= 0.6 is 11.8 Å². The molecule has 3 aromatic carbocycles. The van der Waals surface area contributed by atoms with Crippen LogP contribution in [0.1, 0.15) is 16.7 Å². The predicted octanol–water partition coefficient (Wildman–Crippen LogP) is 6.04. The van der Waals surface area contributed by atoms with Gasteiger partial charge in [0.25, 0.3) is 0 Å². The molecule has 1 N–H and O–H groups in total. The molecule has 4 heteroatoms. The van der Waals surface area contributed by atoms with Crippen molar-refractivity contribution in [1.82, 2.24) is 4.57 Å². The highest BCUT2D eigenvalue weighted by Gasteiger charge is 2.11. The normalized spacial score (nSPS) is 11.0. The number of hydrogen-bond acceptors (Lipinski definition) is 2. The minimum absolute atomic E-state index is 0.0103. The quantitative estimate of drug-likeness (QED) is 0.401. The molecule has 1 amide bonds. The fraction of sp³-hybridized carbons (Fsp3) is 0.160. The Hall–Kier alpha value is -2.98. The summed E-state index contributed by atoms with van der Waals surface area (Å²) >= 11 is 1.58. The van der Waals surface area contributed by atoms with Crippen molar-refractivity contribution in [3.63, 3.8) is 0 Å². The van der Waals surface area contributed by atoms with Crippen molar-refractivity contribution in [2.24, 2.45) is 0 Å². The number of para-hydroxylation sites is 1. The van der Waals surface area contributed by atoms with E-state index in [2.05, 4.69) is 71.5 Å². The van der Waals surface area contributed by atoms with Crippen molar-refractivity contribution in [1.29, 1.82) is 0 Å². The SMILES string of the molecule is Cc1cccc(Cn2cc(SCC(=O)Nc3cccc(C)c3)c3ccccc32)c1. The Bertz CT molecular complexity index is 1160. The van der Waals surface area contributed by atoms with Crippen molar-refractivity contribution in [2.45, 2.75) is 25.3 Å². The fourth-order valence-corrected chi connectivity index (χ4v) is 4.42. The van der Waals surface area contributed by atoms with E-state index in [1.54, 1.807) is 11.8 Å². The number of fused-ring (bicyclic) bond motifs is 1. The second kappa shape index (κ2) is 8.58. The highest BCUT2D eigenvalue weighted by molar-refractivity contribution is 8.00. The Morgan fingerprint density at radius 1 is 0.931 bits per heavy atom. The fourth-order valence-electron chi connectivity index (χ4n) is 3.53. The van der Waals surface area contributed by atoms with Crippen molar-refractivity contribution in [3.8, 4) is 0 Å². The number of thioether (sulfide) groups is 1. The van der Waals surface area contributed by atoms with Gasteiger partial charge in [-0.05, 0) is 43.2 Å². The lowest BCUT2D eigenvalue weighted by molar-refractivity contribution is -0.113. The zero-order valence-electron chi connectivity index (χ0n) is 16.7. The molecule has 3 nitrogen and oxygen atoms in total. The van der Waals surface area contributed by atoms with Crippen LogP contribution in [0.3, 0.4) is 0 Å². The molecule has 146 valence electrons. The lowest BCUT2D eigenvalue weighted by Crippen LogP contribution is -2.13. The monoisotopic (exact) mass is 400 g/mol. The number of aromatic nitrogens is 1. The third kappa shape index (κ3) is 4.72. The molecule has 0 bridgehead atoms. The molecular formula is C25H24N2OS. The molecule has 0 aliphatic carbocycles. The summed E-state index contributed by atoms with van der Waals surface area (Å²) in [5.74, 6) is 0.392. The minimum atomic E-state index is 0.0103. The summed E-state index contributed by atoms with van der Waals surface area (Å²) in [4.78, 5) is 13.6. The predicted molar refractivity (Wildman–Crippen MR) is 123 cm³/mol. The first-order valence-corrected chi connectivity index (χ1v) is 10.7. The van der Waals surface area contributed by atoms with Gasteiger partial charge in [0.1, 0.15) is 0 Å². The Morgan fingerprint density at radius 2 is 1.69 bits per heavy atom. The summed E-state index contributed by atoms with van der Waals surface area (Å²) in [5.41, 5.74) is 5.71. The van der Waals surface area contributed by atoms with Gasteiger partial charge in [0.15, 0.2) is 0 Å². The van der Waals surface area contributed by atoms with Crippen LogP contribution in [0.25, 0.3) is 10.9 Å². The standard InChI is InChI=1S/C25H24N2OS/c1-18-7-5-9-20(13-18)15-27-16-24(22-11-3-4-12-23(22)27)29-17-25(28)26-21-10-6-8-19(2)14-21/h3-14,16H,15,17H2,1-2H3,(H,26,28). The number of anilines is 1. The lowest BCUT2D eigenvalue weighted by atomic mass is 10.1. The van der Waals surface area contributed by atoms with Crippen LogP contribution in [0.5, 0.6) is 0 Å². The third-order valence-corrected chi connectivity index (χ3v) is 5.89. The summed E-state index contributed by atoms with van der Waals surface area (Å²) in [6.07, 6.45) is 2.16. The highest BCUT2D eigenvalue weighted by Crippen LogP contribution is 2.30. The second-order valence-corrected chi connectivity index (χ2v) is 8.35. The Balaban J connectivity index is 1.51. The summed E-state index contributed by atoms with van der Waals surface area (Å²) < 4.78 is 2.27. The van der Waals surface area contributed by atoms with Crippen LogP contribution in [-0.4, -0.2) is 16.2 Å². The Kier molecular flexibility index (Phi) is 5.72. The van der Waals surface area contributed by atoms with Gasteiger partial charge in [0.05, 0.1) is 5.75 Å². The molecule has 0 atom stereocenters. The molecule has 1 aromatic heterocycles. The van der Waals surface area contributed by atoms with Crippen molar-refractivity contribution in [3.05, 3.63) is 95.7 Å². The molecule has 0 spiro atoms. The molecule has 0 fully saturated rings. The number of nitrogens with one attached hydrogen (secondary N) is 1. The van der Waals surface area contributed by atoms with E-state index in [1.165, 1.54) is 22.0 Å². The smallest absolute Gasteiger partial charge is 0.234 e. The Labute approximate surface area is 175 Å². The average Bonchev–Trinajstić information content (AvgIpc) is 3.04. The molecule has 0 saturated carbocycles. The number of carbonyl (C=O) groups is 1. The second-order valence-electron chi connectivity index (χ2n) is 7.33. The number of benzene rings is 3. The number of hydrogen-bond donors (Lipinski definition) is 1. The lowest BCUT2D eigenvalue weighted by Gasteiger charge is -2.06. The van der Waals surface area contributed by atoms with Gasteiger partial charge in [0, 0.05) is 34.2 Å². The molecule has 0 unspecified atom stereocenters. The van der Waals surface area contributed by atoms with Gasteiger partial charge in [-0.2, -0.15) is 0 Å². The van der Waals surface area contributed by atoms with Gasteiger partial charge in [0.2, 0.25) is 5.91 Å². The number of aryl methyl sites for hydroxylation is 2. The van der Waals surface area contributed by atoms with Crippen LogP contribution in [0.15, 0.2) is 83.9 Å². The molecule has 0 saturated heterocycles. The van der Waals surface area contributed by atoms with Gasteiger partial charge in [-0.1, -0.05) is 60.2 Å². The van der Waals surface area contributed by atoms with Crippen molar-refractivity contribution in [2.75, 3.05) is 11.1 Å². The number of amides is 1.